The molecule has 0 spiro atoms. The number of alkyl halides is 3. The average Bonchev–Trinajstić information content (AvgIpc) is 3.08. The molecule has 2 heterocycles. The second-order valence-electron chi connectivity index (χ2n) is 5.41. The van der Waals surface area contributed by atoms with Gasteiger partial charge in [0.25, 0.3) is 5.91 Å². The van der Waals surface area contributed by atoms with E-state index in [-0.39, 0.29) is 6.54 Å². The monoisotopic (exact) mass is 368 g/mol. The predicted octanol–water partition coefficient (Wildman–Crippen LogP) is 3.61. The molecule has 9 heteroatoms. The molecule has 0 aliphatic heterocycles. The van der Waals surface area contributed by atoms with Crippen LogP contribution in [-0.2, 0) is 19.1 Å². The number of fused-ring (bicyclic) bond motifs is 1. The first-order chi connectivity index (χ1) is 11.8. The topological polar surface area (TPSA) is 59.3 Å². The number of hydrogen-bond donors (Lipinski definition) is 1. The molecule has 0 unspecified atom stereocenters. The molecule has 0 saturated heterocycles. The van der Waals surface area contributed by atoms with Gasteiger partial charge in [0.2, 0.25) is 4.96 Å². The number of hydrogen-bond acceptors (Lipinski definition) is 4. The summed E-state index contributed by atoms with van der Waals surface area (Å²) < 4.78 is 40.7. The molecule has 0 bridgehead atoms. The van der Waals surface area contributed by atoms with Crippen molar-refractivity contribution in [1.29, 1.82) is 0 Å². The van der Waals surface area contributed by atoms with Gasteiger partial charge in [-0.15, -0.1) is 0 Å². The number of carbonyl (C=O) groups is 1. The van der Waals surface area contributed by atoms with E-state index in [2.05, 4.69) is 15.4 Å². The lowest BCUT2D eigenvalue weighted by atomic mass is 10.1. The molecule has 0 saturated carbocycles. The van der Waals surface area contributed by atoms with E-state index < -0.39 is 23.2 Å². The number of aryl methyl sites for hydroxylation is 2. The molecule has 0 radical (unpaired) electrons. The van der Waals surface area contributed by atoms with Gasteiger partial charge in [-0.2, -0.15) is 18.3 Å². The number of rotatable bonds is 4. The maximum absolute atomic E-state index is 13.0. The van der Waals surface area contributed by atoms with Gasteiger partial charge in [-0.3, -0.25) is 4.79 Å². The third-order valence-electron chi connectivity index (χ3n) is 3.73. The van der Waals surface area contributed by atoms with E-state index in [4.69, 9.17) is 0 Å². The molecular formula is C16H15F3N4OS. The summed E-state index contributed by atoms with van der Waals surface area (Å²) in [5.41, 5.74) is -0.0138. The Kier molecular flexibility index (Phi) is 4.51. The van der Waals surface area contributed by atoms with Gasteiger partial charge >= 0.3 is 6.18 Å². The van der Waals surface area contributed by atoms with Gasteiger partial charge in [-0.1, -0.05) is 30.4 Å². The smallest absolute Gasteiger partial charge is 0.346 e. The second-order valence-corrected chi connectivity index (χ2v) is 6.45. The van der Waals surface area contributed by atoms with Crippen molar-refractivity contribution in [3.8, 4) is 0 Å². The van der Waals surface area contributed by atoms with Crippen molar-refractivity contribution in [3.05, 3.63) is 51.8 Å². The summed E-state index contributed by atoms with van der Waals surface area (Å²) in [5.74, 6) is -0.784. The zero-order valence-electron chi connectivity index (χ0n) is 13.5. The van der Waals surface area contributed by atoms with Crippen LogP contribution < -0.4 is 5.32 Å². The molecule has 3 rings (SSSR count). The van der Waals surface area contributed by atoms with E-state index in [1.807, 2.05) is 6.92 Å². The van der Waals surface area contributed by atoms with Gasteiger partial charge in [0.15, 0.2) is 0 Å². The number of halogens is 3. The number of imidazole rings is 1. The molecule has 0 atom stereocenters. The van der Waals surface area contributed by atoms with Gasteiger partial charge in [0.1, 0.15) is 5.01 Å². The third kappa shape index (κ3) is 3.37. The van der Waals surface area contributed by atoms with Gasteiger partial charge in [-0.05, 0) is 25.5 Å². The Morgan fingerprint density at radius 3 is 2.72 bits per heavy atom. The lowest BCUT2D eigenvalue weighted by molar-refractivity contribution is -0.137. The minimum Gasteiger partial charge on any atom is -0.346 e. The predicted molar refractivity (Wildman–Crippen MR) is 87.6 cm³/mol. The SMILES string of the molecule is CCc1nn2c(CNC(=O)c3ccccc3C(F)(F)F)c(C)nc2s1. The van der Waals surface area contributed by atoms with E-state index in [1.165, 1.54) is 23.5 Å². The summed E-state index contributed by atoms with van der Waals surface area (Å²) >= 11 is 1.45. The van der Waals surface area contributed by atoms with Crippen molar-refractivity contribution >= 4 is 22.2 Å². The molecule has 132 valence electrons. The van der Waals surface area contributed by atoms with Crippen LogP contribution in [0.15, 0.2) is 24.3 Å². The van der Waals surface area contributed by atoms with Gasteiger partial charge < -0.3 is 5.32 Å². The molecule has 0 fully saturated rings. The molecule has 3 aromatic rings. The Labute approximate surface area is 145 Å². The van der Waals surface area contributed by atoms with E-state index >= 15 is 0 Å². The van der Waals surface area contributed by atoms with Crippen LogP contribution in [0.4, 0.5) is 13.2 Å². The Balaban J connectivity index is 1.84. The molecule has 25 heavy (non-hydrogen) atoms. The first kappa shape index (κ1) is 17.4. The number of aromatic nitrogens is 3. The first-order valence-electron chi connectivity index (χ1n) is 7.59. The third-order valence-corrected chi connectivity index (χ3v) is 4.79. The fourth-order valence-electron chi connectivity index (χ4n) is 2.46. The van der Waals surface area contributed by atoms with Crippen LogP contribution in [0.5, 0.6) is 0 Å². The molecule has 0 aliphatic carbocycles. The van der Waals surface area contributed by atoms with Crippen molar-refractivity contribution < 1.29 is 18.0 Å². The molecule has 1 aromatic carbocycles. The van der Waals surface area contributed by atoms with Crippen LogP contribution in [0.1, 0.15) is 39.2 Å². The van der Waals surface area contributed by atoms with Crippen molar-refractivity contribution in [2.24, 2.45) is 0 Å². The number of carbonyl (C=O) groups excluding carboxylic acids is 1. The summed E-state index contributed by atoms with van der Waals surface area (Å²) in [7, 11) is 0. The largest absolute Gasteiger partial charge is 0.417 e. The highest BCUT2D eigenvalue weighted by atomic mass is 32.1. The Morgan fingerprint density at radius 1 is 1.32 bits per heavy atom. The quantitative estimate of drug-likeness (QED) is 0.765. The molecule has 1 N–H and O–H groups in total. The normalized spacial score (nSPS) is 11.9. The molecule has 2 aromatic heterocycles. The minimum absolute atomic E-state index is 0.0465. The average molecular weight is 368 g/mol. The van der Waals surface area contributed by atoms with Crippen molar-refractivity contribution in [1.82, 2.24) is 19.9 Å². The standard InChI is InChI=1S/C16H15F3N4OS/c1-3-13-22-23-12(9(2)21-15(23)25-13)8-20-14(24)10-6-4-5-7-11(10)16(17,18)19/h4-7H,3,8H2,1-2H3,(H,20,24). The van der Waals surface area contributed by atoms with Gasteiger partial charge in [0, 0.05) is 0 Å². The summed E-state index contributed by atoms with van der Waals surface area (Å²) in [6, 6.07) is 4.71. The lowest BCUT2D eigenvalue weighted by Gasteiger charge is -2.12. The van der Waals surface area contributed by atoms with Gasteiger partial charge in [-0.25, -0.2) is 9.50 Å². The Morgan fingerprint density at radius 2 is 2.04 bits per heavy atom. The van der Waals surface area contributed by atoms with E-state index in [0.717, 1.165) is 23.6 Å². The minimum atomic E-state index is -4.58. The van der Waals surface area contributed by atoms with E-state index in [9.17, 15) is 18.0 Å². The summed E-state index contributed by atoms with van der Waals surface area (Å²) in [6.07, 6.45) is -3.82. The van der Waals surface area contributed by atoms with E-state index in [1.54, 1.807) is 11.4 Å². The molecule has 1 amide bonds. The summed E-state index contributed by atoms with van der Waals surface area (Å²) in [4.78, 5) is 17.3. The fraction of sp³-hybridized carbons (Fsp3) is 0.312. The van der Waals surface area contributed by atoms with E-state index in [0.29, 0.717) is 16.3 Å². The van der Waals surface area contributed by atoms with Crippen LogP contribution in [0, 0.1) is 6.92 Å². The molecule has 0 aliphatic rings. The Hall–Kier alpha value is -2.42. The number of nitrogens with one attached hydrogen (secondary N) is 1. The zero-order valence-corrected chi connectivity index (χ0v) is 14.3. The van der Waals surface area contributed by atoms with Crippen LogP contribution in [-0.4, -0.2) is 20.5 Å². The van der Waals surface area contributed by atoms with Crippen LogP contribution in [0.3, 0.4) is 0 Å². The maximum Gasteiger partial charge on any atom is 0.417 e. The highest BCUT2D eigenvalue weighted by molar-refractivity contribution is 7.16. The number of nitrogens with zero attached hydrogens (tertiary/aromatic N) is 3. The molecule has 5 nitrogen and oxygen atoms in total. The zero-order chi connectivity index (χ0) is 18.2. The van der Waals surface area contributed by atoms with Gasteiger partial charge in [0.05, 0.1) is 29.1 Å². The highest BCUT2D eigenvalue weighted by Crippen LogP contribution is 2.31. The van der Waals surface area contributed by atoms with Crippen LogP contribution in [0.25, 0.3) is 4.96 Å². The highest BCUT2D eigenvalue weighted by Gasteiger charge is 2.34. The van der Waals surface area contributed by atoms with Crippen molar-refractivity contribution in [2.75, 3.05) is 0 Å². The fourth-order valence-corrected chi connectivity index (χ4v) is 3.36. The van der Waals surface area contributed by atoms with Crippen molar-refractivity contribution in [2.45, 2.75) is 33.0 Å². The first-order valence-corrected chi connectivity index (χ1v) is 8.41. The van der Waals surface area contributed by atoms with Crippen molar-refractivity contribution in [3.63, 3.8) is 0 Å². The lowest BCUT2D eigenvalue weighted by Crippen LogP contribution is -2.26. The second kappa shape index (κ2) is 6.47. The van der Waals surface area contributed by atoms with Crippen LogP contribution in [0.2, 0.25) is 0 Å². The number of benzene rings is 1. The Bertz CT molecular complexity index is 929. The maximum atomic E-state index is 13.0. The summed E-state index contributed by atoms with van der Waals surface area (Å²) in [6.45, 7) is 3.80. The number of amides is 1. The van der Waals surface area contributed by atoms with Crippen LogP contribution >= 0.6 is 11.3 Å². The molecular weight excluding hydrogens is 353 g/mol. The summed E-state index contributed by atoms with van der Waals surface area (Å²) in [5, 5.41) is 7.84.